The first-order chi connectivity index (χ1) is 13.4. The summed E-state index contributed by atoms with van der Waals surface area (Å²) in [6.45, 7) is 1.42. The molecule has 1 heterocycles. The molecule has 0 aliphatic carbocycles. The molecule has 1 saturated heterocycles. The average Bonchev–Trinajstić information content (AvgIpc) is 2.74. The Morgan fingerprint density at radius 3 is 2.43 bits per heavy atom. The van der Waals surface area contributed by atoms with E-state index in [1.54, 1.807) is 49.5 Å². The van der Waals surface area contributed by atoms with E-state index in [4.69, 9.17) is 5.26 Å². The smallest absolute Gasteiger partial charge is 0.253 e. The Labute approximate surface area is 166 Å². The van der Waals surface area contributed by atoms with E-state index in [0.29, 0.717) is 30.8 Å². The summed E-state index contributed by atoms with van der Waals surface area (Å²) in [5.41, 5.74) is 1.80. The zero-order valence-corrected chi connectivity index (χ0v) is 16.7. The highest BCUT2D eigenvalue weighted by Crippen LogP contribution is 2.22. The minimum Gasteiger partial charge on any atom is -0.337 e. The van der Waals surface area contributed by atoms with E-state index >= 15 is 0 Å². The molecule has 0 aromatic heterocycles. The van der Waals surface area contributed by atoms with Crippen LogP contribution in [-0.2, 0) is 16.6 Å². The topological polar surface area (TPSA) is 81.5 Å². The van der Waals surface area contributed by atoms with Crippen LogP contribution in [0.2, 0.25) is 0 Å². The summed E-state index contributed by atoms with van der Waals surface area (Å²) in [6.07, 6.45) is 2.78. The van der Waals surface area contributed by atoms with E-state index in [9.17, 15) is 13.2 Å². The van der Waals surface area contributed by atoms with Gasteiger partial charge in [0.15, 0.2) is 0 Å². The number of hydrogen-bond acceptors (Lipinski definition) is 4. The van der Waals surface area contributed by atoms with Crippen molar-refractivity contribution in [1.82, 2.24) is 9.21 Å². The number of amides is 1. The predicted molar refractivity (Wildman–Crippen MR) is 106 cm³/mol. The third kappa shape index (κ3) is 4.41. The number of benzene rings is 2. The molecule has 1 fully saturated rings. The maximum absolute atomic E-state index is 12.9. The van der Waals surface area contributed by atoms with Crippen LogP contribution >= 0.6 is 0 Å². The van der Waals surface area contributed by atoms with Crippen LogP contribution in [0.4, 0.5) is 0 Å². The van der Waals surface area contributed by atoms with Crippen LogP contribution in [0.3, 0.4) is 0 Å². The van der Waals surface area contributed by atoms with Gasteiger partial charge >= 0.3 is 0 Å². The van der Waals surface area contributed by atoms with Crippen LogP contribution < -0.4 is 0 Å². The van der Waals surface area contributed by atoms with Crippen molar-refractivity contribution in [2.24, 2.45) is 0 Å². The summed E-state index contributed by atoms with van der Waals surface area (Å²) >= 11 is 0. The number of carbonyl (C=O) groups is 1. The molecule has 0 radical (unpaired) electrons. The van der Waals surface area contributed by atoms with Crippen molar-refractivity contribution in [3.05, 3.63) is 65.2 Å². The monoisotopic (exact) mass is 397 g/mol. The first-order valence-electron chi connectivity index (χ1n) is 9.26. The van der Waals surface area contributed by atoms with E-state index in [2.05, 4.69) is 6.07 Å². The molecular weight excluding hydrogens is 374 g/mol. The molecule has 7 heteroatoms. The Hall–Kier alpha value is -2.69. The fourth-order valence-electron chi connectivity index (χ4n) is 3.29. The molecule has 0 bridgehead atoms. The molecule has 28 heavy (non-hydrogen) atoms. The lowest BCUT2D eigenvalue weighted by Gasteiger charge is -2.26. The average molecular weight is 398 g/mol. The fourth-order valence-corrected chi connectivity index (χ4v) is 4.86. The highest BCUT2D eigenvalue weighted by Gasteiger charge is 2.26. The van der Waals surface area contributed by atoms with Crippen LogP contribution in [0, 0.1) is 11.3 Å². The van der Waals surface area contributed by atoms with Gasteiger partial charge in [-0.3, -0.25) is 4.79 Å². The van der Waals surface area contributed by atoms with Gasteiger partial charge in [-0.2, -0.15) is 9.57 Å². The van der Waals surface area contributed by atoms with Crippen LogP contribution in [0.15, 0.2) is 53.4 Å². The molecule has 146 valence electrons. The van der Waals surface area contributed by atoms with Gasteiger partial charge in [-0.15, -0.1) is 0 Å². The molecule has 0 unspecified atom stereocenters. The Morgan fingerprint density at radius 2 is 1.79 bits per heavy atom. The molecule has 1 aliphatic rings. The summed E-state index contributed by atoms with van der Waals surface area (Å²) in [5, 5.41) is 8.87. The van der Waals surface area contributed by atoms with Gasteiger partial charge in [0.05, 0.1) is 16.5 Å². The Kier molecular flexibility index (Phi) is 6.12. The van der Waals surface area contributed by atoms with Gasteiger partial charge in [0.1, 0.15) is 0 Å². The number of nitrogens with zero attached hydrogens (tertiary/aromatic N) is 3. The molecule has 6 nitrogen and oxygen atoms in total. The lowest BCUT2D eigenvalue weighted by molar-refractivity contribution is 0.0785. The Bertz CT molecular complexity index is 988. The number of hydrogen-bond donors (Lipinski definition) is 0. The second-order valence-electron chi connectivity index (χ2n) is 6.96. The molecule has 1 aliphatic heterocycles. The molecule has 3 rings (SSSR count). The van der Waals surface area contributed by atoms with Gasteiger partial charge in [-0.05, 0) is 48.7 Å². The van der Waals surface area contributed by atoms with Crippen molar-refractivity contribution >= 4 is 15.9 Å². The van der Waals surface area contributed by atoms with Crippen LogP contribution in [0.5, 0.6) is 0 Å². The van der Waals surface area contributed by atoms with Gasteiger partial charge < -0.3 is 4.90 Å². The van der Waals surface area contributed by atoms with Gasteiger partial charge in [0.25, 0.3) is 5.91 Å². The summed E-state index contributed by atoms with van der Waals surface area (Å²) in [6, 6.07) is 15.3. The van der Waals surface area contributed by atoms with Crippen LogP contribution in [-0.4, -0.2) is 43.7 Å². The third-order valence-electron chi connectivity index (χ3n) is 4.88. The van der Waals surface area contributed by atoms with E-state index in [-0.39, 0.29) is 10.8 Å². The van der Waals surface area contributed by atoms with Crippen molar-refractivity contribution < 1.29 is 13.2 Å². The summed E-state index contributed by atoms with van der Waals surface area (Å²) in [5.74, 6) is -0.250. The van der Waals surface area contributed by atoms with E-state index in [1.807, 2.05) is 0 Å². The maximum Gasteiger partial charge on any atom is 0.253 e. The first kappa shape index (κ1) is 20.1. The van der Waals surface area contributed by atoms with Crippen LogP contribution in [0.25, 0.3) is 0 Å². The lowest BCUT2D eigenvalue weighted by Crippen LogP contribution is -2.35. The number of piperidine rings is 1. The molecular formula is C21H23N3O3S. The molecule has 0 N–H and O–H groups in total. The summed E-state index contributed by atoms with van der Waals surface area (Å²) < 4.78 is 27.2. The number of carbonyl (C=O) groups excluding carboxylic acids is 1. The second-order valence-corrected chi connectivity index (χ2v) is 8.90. The third-order valence-corrected chi connectivity index (χ3v) is 6.78. The van der Waals surface area contributed by atoms with E-state index in [1.165, 1.54) is 15.3 Å². The molecule has 2 aromatic rings. The zero-order chi connectivity index (χ0) is 20.1. The quantitative estimate of drug-likeness (QED) is 0.777. The molecule has 0 saturated carbocycles. The van der Waals surface area contributed by atoms with E-state index in [0.717, 1.165) is 24.8 Å². The lowest BCUT2D eigenvalue weighted by atomic mass is 10.1. The molecule has 2 aromatic carbocycles. The van der Waals surface area contributed by atoms with Gasteiger partial charge in [-0.25, -0.2) is 8.42 Å². The highest BCUT2D eigenvalue weighted by atomic mass is 32.2. The predicted octanol–water partition coefficient (Wildman–Crippen LogP) is 3.01. The number of nitriles is 1. The molecule has 0 atom stereocenters. The molecule has 1 amide bonds. The van der Waals surface area contributed by atoms with E-state index < -0.39 is 10.0 Å². The second kappa shape index (κ2) is 8.55. The van der Waals surface area contributed by atoms with Crippen molar-refractivity contribution in [2.75, 3.05) is 20.1 Å². The number of sulfonamides is 1. The van der Waals surface area contributed by atoms with Gasteiger partial charge in [0.2, 0.25) is 10.0 Å². The first-order valence-corrected chi connectivity index (χ1v) is 10.7. The zero-order valence-electron chi connectivity index (χ0n) is 15.8. The minimum atomic E-state index is -3.58. The van der Waals surface area contributed by atoms with Crippen molar-refractivity contribution in [1.29, 1.82) is 5.26 Å². The van der Waals surface area contributed by atoms with Crippen LogP contribution in [0.1, 0.15) is 40.7 Å². The standard InChI is InChI=1S/C21H23N3O3S/c1-23(16-18-10-8-17(15-22)9-11-18)21(25)19-6-5-7-20(14-19)28(26,27)24-12-3-2-4-13-24/h5-11,14H,2-4,12-13,16H2,1H3. The van der Waals surface area contributed by atoms with Gasteiger partial charge in [-0.1, -0.05) is 24.6 Å². The van der Waals surface area contributed by atoms with Crippen molar-refractivity contribution in [3.8, 4) is 6.07 Å². The Balaban J connectivity index is 1.76. The van der Waals surface area contributed by atoms with Crippen molar-refractivity contribution in [2.45, 2.75) is 30.7 Å². The summed E-state index contributed by atoms with van der Waals surface area (Å²) in [7, 11) is -1.91. The molecule has 0 spiro atoms. The normalized spacial score (nSPS) is 15.0. The maximum atomic E-state index is 12.9. The SMILES string of the molecule is CN(Cc1ccc(C#N)cc1)C(=O)c1cccc(S(=O)(=O)N2CCCCC2)c1. The number of rotatable bonds is 5. The Morgan fingerprint density at radius 1 is 1.11 bits per heavy atom. The largest absolute Gasteiger partial charge is 0.337 e. The summed E-state index contributed by atoms with van der Waals surface area (Å²) in [4.78, 5) is 14.5. The van der Waals surface area contributed by atoms with Crippen molar-refractivity contribution in [3.63, 3.8) is 0 Å². The van der Waals surface area contributed by atoms with Gasteiger partial charge in [0, 0.05) is 32.2 Å². The fraction of sp³-hybridized carbons (Fsp3) is 0.333. The minimum absolute atomic E-state index is 0.159. The highest BCUT2D eigenvalue weighted by molar-refractivity contribution is 7.89.